The van der Waals surface area contributed by atoms with Crippen molar-refractivity contribution in [2.24, 2.45) is 5.41 Å². The van der Waals surface area contributed by atoms with Gasteiger partial charge in [-0.15, -0.1) is 0 Å². The summed E-state index contributed by atoms with van der Waals surface area (Å²) < 4.78 is 5.60. The van der Waals surface area contributed by atoms with Gasteiger partial charge in [0.2, 0.25) is 5.91 Å². The molecule has 1 aliphatic heterocycles. The fourth-order valence-electron chi connectivity index (χ4n) is 2.37. The summed E-state index contributed by atoms with van der Waals surface area (Å²) in [7, 11) is 0. The van der Waals surface area contributed by atoms with Gasteiger partial charge < -0.3 is 15.4 Å². The maximum Gasteiger partial charge on any atom is 0.227 e. The van der Waals surface area contributed by atoms with Crippen LogP contribution < -0.4 is 15.4 Å². The molecule has 0 saturated carbocycles. The van der Waals surface area contributed by atoms with Crippen molar-refractivity contribution in [3.63, 3.8) is 0 Å². The minimum Gasteiger partial charge on any atom is -0.494 e. The maximum absolute atomic E-state index is 12.2. The molecular weight excluding hydrogens is 252 g/mol. The van der Waals surface area contributed by atoms with E-state index in [0.29, 0.717) is 6.54 Å². The lowest BCUT2D eigenvalue weighted by atomic mass is 9.89. The van der Waals surface area contributed by atoms with Crippen LogP contribution in [0.1, 0.15) is 32.3 Å². The molecule has 4 heteroatoms. The Bertz CT molecular complexity index is 454. The molecule has 4 nitrogen and oxygen atoms in total. The molecule has 1 saturated heterocycles. The zero-order chi connectivity index (χ0) is 14.4. The molecule has 0 radical (unpaired) electrons. The van der Waals surface area contributed by atoms with Gasteiger partial charge in [-0.3, -0.25) is 4.79 Å². The monoisotopic (exact) mass is 276 g/mol. The summed E-state index contributed by atoms with van der Waals surface area (Å²) in [5.74, 6) is 0.995. The van der Waals surface area contributed by atoms with Crippen LogP contribution >= 0.6 is 0 Å². The molecule has 0 bridgehead atoms. The van der Waals surface area contributed by atoms with E-state index >= 15 is 0 Å². The van der Waals surface area contributed by atoms with Crippen LogP contribution in [-0.4, -0.2) is 25.6 Å². The van der Waals surface area contributed by atoms with Crippen LogP contribution in [0.4, 0.5) is 0 Å². The number of rotatable bonds is 6. The van der Waals surface area contributed by atoms with Crippen molar-refractivity contribution in [3.8, 4) is 5.75 Å². The van der Waals surface area contributed by atoms with E-state index in [2.05, 4.69) is 17.6 Å². The second-order valence-electron chi connectivity index (χ2n) is 5.67. The molecule has 1 heterocycles. The van der Waals surface area contributed by atoms with E-state index in [-0.39, 0.29) is 11.3 Å². The summed E-state index contributed by atoms with van der Waals surface area (Å²) in [6, 6.07) is 7.91. The van der Waals surface area contributed by atoms with Crippen LogP contribution in [0.15, 0.2) is 24.3 Å². The van der Waals surface area contributed by atoms with Crippen LogP contribution in [0.25, 0.3) is 0 Å². The highest BCUT2D eigenvalue weighted by atomic mass is 16.5. The molecule has 2 N–H and O–H groups in total. The number of benzene rings is 1. The van der Waals surface area contributed by atoms with Gasteiger partial charge in [0.25, 0.3) is 0 Å². The smallest absolute Gasteiger partial charge is 0.227 e. The normalized spacial score (nSPS) is 21.7. The molecule has 1 atom stereocenters. The van der Waals surface area contributed by atoms with Crippen LogP contribution in [0.2, 0.25) is 0 Å². The SMILES string of the molecule is CCCOc1cccc(CNC(=O)[C@@]2(C)CCNC2)c1. The van der Waals surface area contributed by atoms with E-state index < -0.39 is 0 Å². The summed E-state index contributed by atoms with van der Waals surface area (Å²) in [6.45, 7) is 7.06. The fraction of sp³-hybridized carbons (Fsp3) is 0.562. The van der Waals surface area contributed by atoms with Crippen molar-refractivity contribution in [1.82, 2.24) is 10.6 Å². The average Bonchev–Trinajstić information content (AvgIpc) is 2.91. The number of carbonyl (C=O) groups is 1. The summed E-state index contributed by atoms with van der Waals surface area (Å²) in [4.78, 5) is 12.2. The first-order valence-corrected chi connectivity index (χ1v) is 7.35. The Hall–Kier alpha value is -1.55. The van der Waals surface area contributed by atoms with Crippen molar-refractivity contribution in [2.75, 3.05) is 19.7 Å². The minimum atomic E-state index is -0.268. The molecule has 2 rings (SSSR count). The first-order chi connectivity index (χ1) is 9.64. The number of hydrogen-bond donors (Lipinski definition) is 2. The third-order valence-corrected chi connectivity index (χ3v) is 3.74. The lowest BCUT2D eigenvalue weighted by Gasteiger charge is -2.21. The first kappa shape index (κ1) is 14.9. The van der Waals surface area contributed by atoms with Gasteiger partial charge in [0.15, 0.2) is 0 Å². The maximum atomic E-state index is 12.2. The molecule has 0 unspecified atom stereocenters. The fourth-order valence-corrected chi connectivity index (χ4v) is 2.37. The minimum absolute atomic E-state index is 0.127. The van der Waals surface area contributed by atoms with Gasteiger partial charge >= 0.3 is 0 Å². The number of ether oxygens (including phenoxy) is 1. The molecule has 0 spiro atoms. The lowest BCUT2D eigenvalue weighted by Crippen LogP contribution is -2.40. The third-order valence-electron chi connectivity index (χ3n) is 3.74. The van der Waals surface area contributed by atoms with E-state index in [1.807, 2.05) is 31.2 Å². The van der Waals surface area contributed by atoms with Crippen LogP contribution in [0.3, 0.4) is 0 Å². The van der Waals surface area contributed by atoms with Crippen LogP contribution in [-0.2, 0) is 11.3 Å². The molecule has 20 heavy (non-hydrogen) atoms. The van der Waals surface area contributed by atoms with Crippen LogP contribution in [0.5, 0.6) is 5.75 Å². The quantitative estimate of drug-likeness (QED) is 0.836. The van der Waals surface area contributed by atoms with Gasteiger partial charge in [0, 0.05) is 13.1 Å². The number of hydrogen-bond acceptors (Lipinski definition) is 3. The van der Waals surface area contributed by atoms with E-state index in [1.54, 1.807) is 0 Å². The van der Waals surface area contributed by atoms with Crippen molar-refractivity contribution >= 4 is 5.91 Å². The molecule has 1 amide bonds. The Morgan fingerprint density at radius 3 is 3.05 bits per heavy atom. The van der Waals surface area contributed by atoms with Crippen molar-refractivity contribution in [3.05, 3.63) is 29.8 Å². The zero-order valence-corrected chi connectivity index (χ0v) is 12.4. The third kappa shape index (κ3) is 3.73. The van der Waals surface area contributed by atoms with E-state index in [1.165, 1.54) is 0 Å². The molecule has 1 aromatic rings. The van der Waals surface area contributed by atoms with E-state index in [0.717, 1.165) is 43.9 Å². The zero-order valence-electron chi connectivity index (χ0n) is 12.4. The Labute approximate surface area is 120 Å². The molecule has 1 fully saturated rings. The molecule has 1 aliphatic rings. The highest BCUT2D eigenvalue weighted by molar-refractivity contribution is 5.82. The number of amides is 1. The Morgan fingerprint density at radius 2 is 2.35 bits per heavy atom. The highest BCUT2D eigenvalue weighted by Gasteiger charge is 2.35. The van der Waals surface area contributed by atoms with E-state index in [4.69, 9.17) is 4.74 Å². The van der Waals surface area contributed by atoms with Gasteiger partial charge in [-0.2, -0.15) is 0 Å². The molecule has 1 aromatic carbocycles. The molecular formula is C16H24N2O2. The summed E-state index contributed by atoms with van der Waals surface area (Å²) in [5, 5.41) is 6.27. The lowest BCUT2D eigenvalue weighted by molar-refractivity contribution is -0.129. The molecule has 0 aliphatic carbocycles. The van der Waals surface area contributed by atoms with Gasteiger partial charge in [-0.05, 0) is 44.0 Å². The summed E-state index contributed by atoms with van der Waals surface area (Å²) in [6.07, 6.45) is 1.89. The van der Waals surface area contributed by atoms with Crippen molar-refractivity contribution in [1.29, 1.82) is 0 Å². The predicted molar refractivity (Wildman–Crippen MR) is 79.7 cm³/mol. The molecule has 0 aromatic heterocycles. The van der Waals surface area contributed by atoms with Gasteiger partial charge in [-0.25, -0.2) is 0 Å². The number of nitrogens with one attached hydrogen (secondary N) is 2. The van der Waals surface area contributed by atoms with E-state index in [9.17, 15) is 4.79 Å². The second-order valence-corrected chi connectivity index (χ2v) is 5.67. The predicted octanol–water partition coefficient (Wildman–Crippen LogP) is 2.09. The largest absolute Gasteiger partial charge is 0.494 e. The molecule has 110 valence electrons. The summed E-state index contributed by atoms with van der Waals surface area (Å²) >= 11 is 0. The van der Waals surface area contributed by atoms with Gasteiger partial charge in [-0.1, -0.05) is 19.1 Å². The van der Waals surface area contributed by atoms with Crippen molar-refractivity contribution in [2.45, 2.75) is 33.2 Å². The Morgan fingerprint density at radius 1 is 1.50 bits per heavy atom. The average molecular weight is 276 g/mol. The summed E-state index contributed by atoms with van der Waals surface area (Å²) in [5.41, 5.74) is 0.803. The van der Waals surface area contributed by atoms with Gasteiger partial charge in [0.05, 0.1) is 12.0 Å². The van der Waals surface area contributed by atoms with Crippen molar-refractivity contribution < 1.29 is 9.53 Å². The highest BCUT2D eigenvalue weighted by Crippen LogP contribution is 2.24. The topological polar surface area (TPSA) is 50.4 Å². The Kier molecular flexibility index (Phi) is 5.01. The second kappa shape index (κ2) is 6.75. The van der Waals surface area contributed by atoms with Gasteiger partial charge in [0.1, 0.15) is 5.75 Å². The Balaban J connectivity index is 1.88. The first-order valence-electron chi connectivity index (χ1n) is 7.35. The van der Waals surface area contributed by atoms with Crippen LogP contribution in [0, 0.1) is 5.41 Å². The standard InChI is InChI=1S/C16H24N2O2/c1-3-9-20-14-6-4-5-13(10-14)11-18-15(19)16(2)7-8-17-12-16/h4-6,10,17H,3,7-9,11-12H2,1-2H3,(H,18,19)/t16-/m0/s1. The number of carbonyl (C=O) groups excluding carboxylic acids is 1.